The van der Waals surface area contributed by atoms with E-state index in [9.17, 15) is 26.7 Å². The van der Waals surface area contributed by atoms with Crippen LogP contribution in [0.15, 0.2) is 23.1 Å². The Morgan fingerprint density at radius 1 is 1.30 bits per heavy atom. The predicted molar refractivity (Wildman–Crippen MR) is 81.4 cm³/mol. The molecule has 0 aliphatic heterocycles. The number of primary sulfonamides is 1. The third-order valence-corrected chi connectivity index (χ3v) is 4.18. The summed E-state index contributed by atoms with van der Waals surface area (Å²) in [6.07, 6.45) is -4.92. The van der Waals surface area contributed by atoms with Gasteiger partial charge in [0.2, 0.25) is 10.0 Å². The maximum absolute atomic E-state index is 13.0. The number of halogens is 3. The third-order valence-electron chi connectivity index (χ3n) is 3.21. The highest BCUT2D eigenvalue weighted by Gasteiger charge is 2.36. The van der Waals surface area contributed by atoms with Crippen molar-refractivity contribution in [3.8, 4) is 0 Å². The van der Waals surface area contributed by atoms with Crippen molar-refractivity contribution < 1.29 is 26.7 Å². The van der Waals surface area contributed by atoms with E-state index in [4.69, 9.17) is 5.14 Å². The van der Waals surface area contributed by atoms with Crippen LogP contribution in [0.1, 0.15) is 32.8 Å². The molecule has 0 aliphatic rings. The van der Waals surface area contributed by atoms with Crippen molar-refractivity contribution >= 4 is 15.7 Å². The molecule has 0 radical (unpaired) electrons. The van der Waals surface area contributed by atoms with E-state index >= 15 is 0 Å². The molecule has 1 aromatic carbocycles. The molecule has 0 spiro atoms. The van der Waals surface area contributed by atoms with Gasteiger partial charge in [0, 0.05) is 12.2 Å². The molecule has 4 N–H and O–H groups in total. The fraction of sp³-hybridized carbons (Fsp3) is 0.571. The lowest BCUT2D eigenvalue weighted by Crippen LogP contribution is -2.27. The van der Waals surface area contributed by atoms with Crippen molar-refractivity contribution in [2.24, 2.45) is 10.6 Å². The molecule has 0 bridgehead atoms. The highest BCUT2D eigenvalue weighted by molar-refractivity contribution is 7.89. The molecule has 1 rings (SSSR count). The molecular formula is C14H21F3N2O3S. The first kappa shape index (κ1) is 19.7. The van der Waals surface area contributed by atoms with Gasteiger partial charge in [-0.25, -0.2) is 13.6 Å². The summed E-state index contributed by atoms with van der Waals surface area (Å²) in [5.74, 6) is 0. The predicted octanol–water partition coefficient (Wildman–Crippen LogP) is 2.56. The van der Waals surface area contributed by atoms with Gasteiger partial charge in [-0.2, -0.15) is 13.2 Å². The summed E-state index contributed by atoms with van der Waals surface area (Å²) >= 11 is 0. The topological polar surface area (TPSA) is 92.4 Å². The monoisotopic (exact) mass is 354 g/mol. The van der Waals surface area contributed by atoms with Gasteiger partial charge in [0.25, 0.3) is 0 Å². The van der Waals surface area contributed by atoms with E-state index in [1.807, 2.05) is 13.8 Å². The number of anilines is 1. The van der Waals surface area contributed by atoms with Crippen LogP contribution in [0.4, 0.5) is 18.9 Å². The van der Waals surface area contributed by atoms with Crippen LogP contribution in [0.2, 0.25) is 0 Å². The molecule has 0 aromatic heterocycles. The van der Waals surface area contributed by atoms with E-state index < -0.39 is 32.8 Å². The number of sulfonamides is 1. The second-order valence-corrected chi connectivity index (χ2v) is 7.85. The first-order valence-corrected chi connectivity index (χ1v) is 8.43. The minimum atomic E-state index is -4.84. The standard InChI is InChI=1S/C14H21F3N2O3S/c1-9(20)7-13(2,3)8-19-10-4-5-12(23(18,21)22)11(6-10)14(15,16)17/h4-6,9,19-20H,7-8H2,1-3H3,(H2,18,21,22). The Bertz CT molecular complexity index is 656. The molecule has 5 nitrogen and oxygen atoms in total. The third kappa shape index (κ3) is 6.00. The molecule has 0 amide bonds. The summed E-state index contributed by atoms with van der Waals surface area (Å²) in [4.78, 5) is -0.959. The Labute approximate surface area is 133 Å². The van der Waals surface area contributed by atoms with Crippen molar-refractivity contribution in [2.75, 3.05) is 11.9 Å². The maximum Gasteiger partial charge on any atom is 0.417 e. The van der Waals surface area contributed by atoms with Gasteiger partial charge in [-0.05, 0) is 37.0 Å². The molecular weight excluding hydrogens is 333 g/mol. The minimum absolute atomic E-state index is 0.128. The second kappa shape index (κ2) is 6.66. The lowest BCUT2D eigenvalue weighted by atomic mass is 9.87. The first-order chi connectivity index (χ1) is 10.2. The van der Waals surface area contributed by atoms with Crippen molar-refractivity contribution in [1.29, 1.82) is 0 Å². The van der Waals surface area contributed by atoms with Gasteiger partial charge in [0.15, 0.2) is 0 Å². The highest BCUT2D eigenvalue weighted by atomic mass is 32.2. The number of aliphatic hydroxyl groups is 1. The fourth-order valence-electron chi connectivity index (χ4n) is 2.32. The summed E-state index contributed by atoms with van der Waals surface area (Å²) in [6, 6.07) is 2.79. The van der Waals surface area contributed by atoms with Crippen molar-refractivity contribution in [1.82, 2.24) is 0 Å². The number of rotatable bonds is 6. The maximum atomic E-state index is 13.0. The van der Waals surface area contributed by atoms with E-state index in [2.05, 4.69) is 5.32 Å². The van der Waals surface area contributed by atoms with Gasteiger partial charge in [-0.15, -0.1) is 0 Å². The molecule has 0 heterocycles. The summed E-state index contributed by atoms with van der Waals surface area (Å²) in [5, 5.41) is 17.1. The molecule has 1 aromatic rings. The van der Waals surface area contributed by atoms with E-state index in [0.717, 1.165) is 12.1 Å². The van der Waals surface area contributed by atoms with Gasteiger partial charge >= 0.3 is 6.18 Å². The SMILES string of the molecule is CC(O)CC(C)(C)CNc1ccc(S(N)(=O)=O)c(C(F)(F)F)c1. The number of aliphatic hydroxyl groups excluding tert-OH is 1. The number of nitrogens with one attached hydrogen (secondary N) is 1. The van der Waals surface area contributed by atoms with Crippen LogP contribution < -0.4 is 10.5 Å². The van der Waals surface area contributed by atoms with Crippen molar-refractivity contribution in [3.05, 3.63) is 23.8 Å². The molecule has 9 heteroatoms. The number of benzene rings is 1. The summed E-state index contributed by atoms with van der Waals surface area (Å²) in [5.41, 5.74) is -1.53. The lowest BCUT2D eigenvalue weighted by Gasteiger charge is -2.27. The van der Waals surface area contributed by atoms with Crippen LogP contribution in [0, 0.1) is 5.41 Å². The molecule has 132 valence electrons. The summed E-state index contributed by atoms with van der Waals surface area (Å²) < 4.78 is 61.6. The number of nitrogens with two attached hydrogens (primary N) is 1. The van der Waals surface area contributed by atoms with Gasteiger partial charge in [-0.1, -0.05) is 13.8 Å². The zero-order chi connectivity index (χ0) is 18.1. The van der Waals surface area contributed by atoms with E-state index in [1.54, 1.807) is 6.92 Å². The molecule has 23 heavy (non-hydrogen) atoms. The van der Waals surface area contributed by atoms with Gasteiger partial charge < -0.3 is 10.4 Å². The van der Waals surface area contributed by atoms with Crippen LogP contribution in [-0.4, -0.2) is 26.2 Å². The lowest BCUT2D eigenvalue weighted by molar-refractivity contribution is -0.139. The highest BCUT2D eigenvalue weighted by Crippen LogP contribution is 2.35. The number of hydrogen-bond donors (Lipinski definition) is 3. The minimum Gasteiger partial charge on any atom is -0.393 e. The number of alkyl halides is 3. The number of hydrogen-bond acceptors (Lipinski definition) is 4. The molecule has 0 fully saturated rings. The van der Waals surface area contributed by atoms with Crippen molar-refractivity contribution in [3.63, 3.8) is 0 Å². The Kier molecular flexibility index (Phi) is 5.71. The Morgan fingerprint density at radius 2 is 1.87 bits per heavy atom. The van der Waals surface area contributed by atoms with Crippen LogP contribution in [0.5, 0.6) is 0 Å². The molecule has 0 aliphatic carbocycles. The van der Waals surface area contributed by atoms with Gasteiger partial charge in [0.05, 0.1) is 16.6 Å². The van der Waals surface area contributed by atoms with Gasteiger partial charge in [-0.3, -0.25) is 0 Å². The van der Waals surface area contributed by atoms with Gasteiger partial charge in [0.1, 0.15) is 0 Å². The van der Waals surface area contributed by atoms with Crippen LogP contribution in [-0.2, 0) is 16.2 Å². The zero-order valence-corrected chi connectivity index (χ0v) is 13.9. The van der Waals surface area contributed by atoms with E-state index in [1.165, 1.54) is 6.07 Å². The smallest absolute Gasteiger partial charge is 0.393 e. The van der Waals surface area contributed by atoms with E-state index in [0.29, 0.717) is 13.0 Å². The Morgan fingerprint density at radius 3 is 2.30 bits per heavy atom. The molecule has 1 atom stereocenters. The van der Waals surface area contributed by atoms with Crippen LogP contribution >= 0.6 is 0 Å². The quantitative estimate of drug-likeness (QED) is 0.732. The normalized spacial score (nSPS) is 14.6. The fourth-order valence-corrected chi connectivity index (χ4v) is 3.06. The zero-order valence-electron chi connectivity index (χ0n) is 13.1. The average Bonchev–Trinajstić information content (AvgIpc) is 2.32. The summed E-state index contributed by atoms with van der Waals surface area (Å²) in [7, 11) is -4.47. The second-order valence-electron chi connectivity index (χ2n) is 6.32. The summed E-state index contributed by atoms with van der Waals surface area (Å²) in [6.45, 7) is 5.65. The molecule has 0 saturated carbocycles. The molecule has 1 unspecified atom stereocenters. The Balaban J connectivity index is 3.08. The van der Waals surface area contributed by atoms with Crippen LogP contribution in [0.3, 0.4) is 0 Å². The Hall–Kier alpha value is -1.32. The van der Waals surface area contributed by atoms with E-state index in [-0.39, 0.29) is 11.1 Å². The van der Waals surface area contributed by atoms with Crippen molar-refractivity contribution in [2.45, 2.75) is 44.4 Å². The first-order valence-electron chi connectivity index (χ1n) is 6.88. The largest absolute Gasteiger partial charge is 0.417 e. The average molecular weight is 354 g/mol. The molecule has 0 saturated heterocycles. The van der Waals surface area contributed by atoms with Crippen LogP contribution in [0.25, 0.3) is 0 Å².